The van der Waals surface area contributed by atoms with Crippen LogP contribution >= 0.6 is 11.6 Å². The number of fused-ring (bicyclic) bond motifs is 1. The predicted molar refractivity (Wildman–Crippen MR) is 62.5 cm³/mol. The van der Waals surface area contributed by atoms with Gasteiger partial charge >= 0.3 is 5.43 Å². The molecule has 0 spiro atoms. The molecule has 1 N–H and O–H groups in total. The summed E-state index contributed by atoms with van der Waals surface area (Å²) >= 11 is 4.19. The monoisotopic (exact) mass is 275 g/mol. The summed E-state index contributed by atoms with van der Waals surface area (Å²) in [5.41, 5.74) is -0.601. The van der Waals surface area contributed by atoms with Gasteiger partial charge in [-0.25, -0.2) is 4.79 Å². The normalized spacial score (nSPS) is 11.4. The summed E-state index contributed by atoms with van der Waals surface area (Å²) < 4.78 is 10.2. The second kappa shape index (κ2) is 6.06. The first-order valence-corrected chi connectivity index (χ1v) is 5.28. The van der Waals surface area contributed by atoms with E-state index in [0.717, 1.165) is 0 Å². The van der Waals surface area contributed by atoms with Crippen LogP contribution in [0.5, 0.6) is 11.5 Å². The summed E-state index contributed by atoms with van der Waals surface area (Å²) in [6, 6.07) is 3.08. The zero-order valence-corrected chi connectivity index (χ0v) is 10.1. The SMILES string of the molecule is CCc1cc2c(cc1[N+](=O)[O-])OCO2.O=C(O)Cl. The molecule has 0 bridgehead atoms. The highest BCUT2D eigenvalue weighted by atomic mass is 35.5. The average Bonchev–Trinajstić information content (AvgIpc) is 2.73. The van der Waals surface area contributed by atoms with E-state index in [-0.39, 0.29) is 12.5 Å². The number of nitro groups is 1. The lowest BCUT2D eigenvalue weighted by Crippen LogP contribution is -1.94. The van der Waals surface area contributed by atoms with Gasteiger partial charge in [0.05, 0.1) is 11.0 Å². The topological polar surface area (TPSA) is 98.9 Å². The molecule has 0 radical (unpaired) electrons. The maximum atomic E-state index is 10.7. The first kappa shape index (κ1) is 14.0. The average molecular weight is 276 g/mol. The molecule has 18 heavy (non-hydrogen) atoms. The third-order valence-corrected chi connectivity index (χ3v) is 2.15. The van der Waals surface area contributed by atoms with E-state index in [1.54, 1.807) is 6.07 Å². The van der Waals surface area contributed by atoms with Crippen molar-refractivity contribution >= 4 is 22.7 Å². The van der Waals surface area contributed by atoms with Crippen LogP contribution in [-0.2, 0) is 6.42 Å². The zero-order chi connectivity index (χ0) is 13.7. The van der Waals surface area contributed by atoms with Crippen LogP contribution in [-0.4, -0.2) is 22.3 Å². The number of hydrogen-bond acceptors (Lipinski definition) is 5. The second-order valence-electron chi connectivity index (χ2n) is 3.20. The van der Waals surface area contributed by atoms with Crippen LogP contribution in [0.25, 0.3) is 0 Å². The van der Waals surface area contributed by atoms with Crippen LogP contribution in [0.2, 0.25) is 0 Å². The van der Waals surface area contributed by atoms with E-state index in [2.05, 4.69) is 11.6 Å². The molecule has 0 aromatic heterocycles. The Labute approximate surface area is 107 Å². The van der Waals surface area contributed by atoms with Crippen molar-refractivity contribution in [1.82, 2.24) is 0 Å². The van der Waals surface area contributed by atoms with E-state index in [1.807, 2.05) is 6.92 Å². The molecule has 0 fully saturated rings. The molecule has 2 rings (SSSR count). The molecule has 1 aromatic rings. The molecule has 0 unspecified atom stereocenters. The van der Waals surface area contributed by atoms with Gasteiger partial charge in [0.15, 0.2) is 11.5 Å². The van der Waals surface area contributed by atoms with Gasteiger partial charge in [-0.1, -0.05) is 6.92 Å². The van der Waals surface area contributed by atoms with Gasteiger partial charge in [0.25, 0.3) is 5.69 Å². The van der Waals surface area contributed by atoms with Crippen LogP contribution in [0.4, 0.5) is 10.5 Å². The third kappa shape index (κ3) is 3.49. The van der Waals surface area contributed by atoms with Gasteiger partial charge in [-0.15, -0.1) is 0 Å². The van der Waals surface area contributed by atoms with Gasteiger partial charge in [0.1, 0.15) is 0 Å². The molecular formula is C10H10ClNO6. The molecule has 1 aliphatic rings. The number of ether oxygens (including phenoxy) is 2. The fourth-order valence-electron chi connectivity index (χ4n) is 1.43. The van der Waals surface area contributed by atoms with Gasteiger partial charge in [0, 0.05) is 17.2 Å². The molecule has 7 nitrogen and oxygen atoms in total. The van der Waals surface area contributed by atoms with E-state index < -0.39 is 10.4 Å². The molecule has 1 aliphatic heterocycles. The maximum Gasteiger partial charge on any atom is 0.401 e. The van der Waals surface area contributed by atoms with Crippen LogP contribution < -0.4 is 9.47 Å². The first-order valence-electron chi connectivity index (χ1n) is 4.91. The summed E-state index contributed by atoms with van der Waals surface area (Å²) in [5, 5.41) is 17.9. The van der Waals surface area contributed by atoms with E-state index in [1.165, 1.54) is 6.07 Å². The van der Waals surface area contributed by atoms with Crippen molar-refractivity contribution in [3.8, 4) is 11.5 Å². The lowest BCUT2D eigenvalue weighted by Gasteiger charge is -2.01. The Kier molecular flexibility index (Phi) is 4.73. The molecule has 0 aliphatic carbocycles. The summed E-state index contributed by atoms with van der Waals surface area (Å²) in [6.07, 6.45) is 0.604. The lowest BCUT2D eigenvalue weighted by molar-refractivity contribution is -0.385. The van der Waals surface area contributed by atoms with Crippen molar-refractivity contribution in [2.75, 3.05) is 6.79 Å². The highest BCUT2D eigenvalue weighted by molar-refractivity contribution is 6.60. The largest absolute Gasteiger partial charge is 0.469 e. The lowest BCUT2D eigenvalue weighted by atomic mass is 10.1. The van der Waals surface area contributed by atoms with E-state index in [0.29, 0.717) is 23.5 Å². The Morgan fingerprint density at radius 3 is 2.44 bits per heavy atom. The van der Waals surface area contributed by atoms with Gasteiger partial charge in [0.2, 0.25) is 6.79 Å². The molecule has 98 valence electrons. The Morgan fingerprint density at radius 2 is 2.00 bits per heavy atom. The number of halogens is 1. The number of hydrogen-bond donors (Lipinski definition) is 1. The fraction of sp³-hybridized carbons (Fsp3) is 0.300. The number of nitro benzene ring substituents is 1. The number of benzene rings is 1. The molecule has 1 aromatic carbocycles. The van der Waals surface area contributed by atoms with Crippen molar-refractivity contribution in [2.45, 2.75) is 13.3 Å². The summed E-state index contributed by atoms with van der Waals surface area (Å²) in [5.74, 6) is 1.04. The Hall–Kier alpha value is -2.02. The Bertz CT molecular complexity index is 472. The fourth-order valence-corrected chi connectivity index (χ4v) is 1.43. The quantitative estimate of drug-likeness (QED) is 0.506. The van der Waals surface area contributed by atoms with Crippen LogP contribution in [0.1, 0.15) is 12.5 Å². The minimum absolute atomic E-state index is 0.0942. The third-order valence-electron chi connectivity index (χ3n) is 2.15. The molecule has 0 atom stereocenters. The molecular weight excluding hydrogens is 266 g/mol. The Balaban J connectivity index is 0.000000357. The van der Waals surface area contributed by atoms with Crippen LogP contribution in [0, 0.1) is 10.1 Å². The molecule has 8 heteroatoms. The van der Waals surface area contributed by atoms with E-state index in [9.17, 15) is 10.1 Å². The Morgan fingerprint density at radius 1 is 1.50 bits per heavy atom. The number of aryl methyl sites for hydroxylation is 1. The van der Waals surface area contributed by atoms with Crippen molar-refractivity contribution < 1.29 is 24.3 Å². The second-order valence-corrected chi connectivity index (χ2v) is 3.52. The minimum Gasteiger partial charge on any atom is -0.469 e. The van der Waals surface area contributed by atoms with Crippen molar-refractivity contribution in [1.29, 1.82) is 0 Å². The number of rotatable bonds is 2. The number of carbonyl (C=O) groups is 1. The summed E-state index contributed by atoms with van der Waals surface area (Å²) in [4.78, 5) is 19.1. The van der Waals surface area contributed by atoms with Crippen molar-refractivity contribution in [3.63, 3.8) is 0 Å². The van der Waals surface area contributed by atoms with E-state index in [4.69, 9.17) is 19.4 Å². The van der Waals surface area contributed by atoms with Crippen molar-refractivity contribution in [2.24, 2.45) is 0 Å². The zero-order valence-electron chi connectivity index (χ0n) is 9.38. The minimum atomic E-state index is -1.36. The number of nitrogens with zero attached hydrogens (tertiary/aromatic N) is 1. The molecule has 0 saturated carbocycles. The van der Waals surface area contributed by atoms with Gasteiger partial charge < -0.3 is 14.6 Å². The maximum absolute atomic E-state index is 10.7. The smallest absolute Gasteiger partial charge is 0.401 e. The highest BCUT2D eigenvalue weighted by Gasteiger charge is 2.21. The highest BCUT2D eigenvalue weighted by Crippen LogP contribution is 2.37. The van der Waals surface area contributed by atoms with Gasteiger partial charge in [-0.2, -0.15) is 0 Å². The predicted octanol–water partition coefficient (Wildman–Crippen LogP) is 2.79. The summed E-state index contributed by atoms with van der Waals surface area (Å²) in [6.45, 7) is 2.00. The first-order chi connectivity index (χ1) is 8.45. The molecule has 0 amide bonds. The van der Waals surface area contributed by atoms with Gasteiger partial charge in [-0.05, 0) is 12.5 Å². The number of carboxylic acid groups (broad SMARTS) is 1. The van der Waals surface area contributed by atoms with E-state index >= 15 is 0 Å². The van der Waals surface area contributed by atoms with Crippen LogP contribution in [0.3, 0.4) is 0 Å². The standard InChI is InChI=1S/C9H9NO4.CHClO2/c1-2-6-3-8-9(14-5-13-8)4-7(6)10(11)12;2-1(3)4/h3-4H,2,5H2,1H3;(H,3,4). The van der Waals surface area contributed by atoms with Crippen LogP contribution in [0.15, 0.2) is 12.1 Å². The van der Waals surface area contributed by atoms with Gasteiger partial charge in [-0.3, -0.25) is 10.1 Å². The molecule has 0 saturated heterocycles. The van der Waals surface area contributed by atoms with Crippen molar-refractivity contribution in [3.05, 3.63) is 27.8 Å². The summed E-state index contributed by atoms with van der Waals surface area (Å²) in [7, 11) is 0. The molecule has 1 heterocycles.